The fraction of sp³-hybridized carbons (Fsp3) is 0.500. The summed E-state index contributed by atoms with van der Waals surface area (Å²) in [5, 5.41) is 11.9. The first-order valence-electron chi connectivity index (χ1n) is 5.91. The maximum atomic E-state index is 13.2. The van der Waals surface area contributed by atoms with Crippen LogP contribution in [0.3, 0.4) is 0 Å². The van der Waals surface area contributed by atoms with Crippen molar-refractivity contribution >= 4 is 9.84 Å². The highest BCUT2D eigenvalue weighted by Gasteiger charge is 2.30. The predicted molar refractivity (Wildman–Crippen MR) is 65.5 cm³/mol. The van der Waals surface area contributed by atoms with E-state index in [9.17, 15) is 12.8 Å². The van der Waals surface area contributed by atoms with Crippen molar-refractivity contribution < 1.29 is 17.9 Å². The molecule has 0 saturated heterocycles. The first kappa shape index (κ1) is 13.5. The summed E-state index contributed by atoms with van der Waals surface area (Å²) in [5.41, 5.74) is 0.499. The van der Waals surface area contributed by atoms with Crippen LogP contribution in [0.4, 0.5) is 4.39 Å². The molecule has 1 aromatic rings. The van der Waals surface area contributed by atoms with Gasteiger partial charge in [0, 0.05) is 12.6 Å². The number of nitrogens with one attached hydrogen (secondary N) is 1. The molecule has 1 aromatic carbocycles. The van der Waals surface area contributed by atoms with Crippen LogP contribution in [-0.2, 0) is 9.84 Å². The van der Waals surface area contributed by atoms with Gasteiger partial charge in [0.25, 0.3) is 0 Å². The molecule has 4 nitrogen and oxygen atoms in total. The SMILES string of the molecule is O=S1(=O)CCC(NCCCO)c2cc(F)ccc21. The monoisotopic (exact) mass is 273 g/mol. The minimum atomic E-state index is -3.28. The summed E-state index contributed by atoms with van der Waals surface area (Å²) in [6.07, 6.45) is 1.03. The Morgan fingerprint density at radius 2 is 2.22 bits per heavy atom. The van der Waals surface area contributed by atoms with Gasteiger partial charge in [0.05, 0.1) is 10.6 Å². The smallest absolute Gasteiger partial charge is 0.178 e. The number of hydrogen-bond donors (Lipinski definition) is 2. The van der Waals surface area contributed by atoms with Crippen molar-refractivity contribution in [1.82, 2.24) is 5.32 Å². The fourth-order valence-corrected chi connectivity index (χ4v) is 3.78. The quantitative estimate of drug-likeness (QED) is 0.635. The van der Waals surface area contributed by atoms with Crippen LogP contribution >= 0.6 is 0 Å². The molecule has 2 N–H and O–H groups in total. The molecule has 100 valence electrons. The van der Waals surface area contributed by atoms with Crippen molar-refractivity contribution in [2.45, 2.75) is 23.8 Å². The summed E-state index contributed by atoms with van der Waals surface area (Å²) in [6, 6.07) is 3.63. The Balaban J connectivity index is 2.30. The largest absolute Gasteiger partial charge is 0.396 e. The highest BCUT2D eigenvalue weighted by Crippen LogP contribution is 2.32. The number of aliphatic hydroxyl groups excluding tert-OH is 1. The van der Waals surface area contributed by atoms with Gasteiger partial charge in [-0.25, -0.2) is 12.8 Å². The Morgan fingerprint density at radius 3 is 2.94 bits per heavy atom. The molecule has 1 aliphatic rings. The number of sulfone groups is 1. The van der Waals surface area contributed by atoms with Crippen molar-refractivity contribution in [3.8, 4) is 0 Å². The molecule has 0 bridgehead atoms. The van der Waals surface area contributed by atoms with Crippen LogP contribution in [0.2, 0.25) is 0 Å². The molecular weight excluding hydrogens is 257 g/mol. The van der Waals surface area contributed by atoms with Crippen LogP contribution in [0.15, 0.2) is 23.1 Å². The second kappa shape index (κ2) is 5.34. The molecule has 0 amide bonds. The average Bonchev–Trinajstić information content (AvgIpc) is 2.32. The molecule has 0 radical (unpaired) electrons. The third-order valence-electron chi connectivity index (χ3n) is 3.08. The van der Waals surface area contributed by atoms with Gasteiger partial charge in [0.2, 0.25) is 0 Å². The number of fused-ring (bicyclic) bond motifs is 1. The minimum absolute atomic E-state index is 0.0718. The summed E-state index contributed by atoms with van der Waals surface area (Å²) in [6.45, 7) is 0.658. The van der Waals surface area contributed by atoms with E-state index in [4.69, 9.17) is 5.11 Å². The topological polar surface area (TPSA) is 66.4 Å². The fourth-order valence-electron chi connectivity index (χ4n) is 2.18. The van der Waals surface area contributed by atoms with Crippen LogP contribution in [0, 0.1) is 5.82 Å². The third-order valence-corrected chi connectivity index (χ3v) is 4.90. The van der Waals surface area contributed by atoms with Crippen molar-refractivity contribution in [3.05, 3.63) is 29.6 Å². The summed E-state index contributed by atoms with van der Waals surface area (Å²) in [4.78, 5) is 0.219. The zero-order valence-electron chi connectivity index (χ0n) is 9.89. The third kappa shape index (κ3) is 2.71. The molecule has 2 rings (SSSR count). The normalized spacial score (nSPS) is 21.6. The van der Waals surface area contributed by atoms with Crippen molar-refractivity contribution in [2.24, 2.45) is 0 Å². The van der Waals surface area contributed by atoms with E-state index < -0.39 is 15.7 Å². The molecule has 18 heavy (non-hydrogen) atoms. The Morgan fingerprint density at radius 1 is 1.44 bits per heavy atom. The van der Waals surface area contributed by atoms with E-state index in [1.165, 1.54) is 18.2 Å². The van der Waals surface area contributed by atoms with E-state index in [-0.39, 0.29) is 23.3 Å². The van der Waals surface area contributed by atoms with Gasteiger partial charge < -0.3 is 10.4 Å². The zero-order chi connectivity index (χ0) is 13.2. The summed E-state index contributed by atoms with van der Waals surface area (Å²) in [5.74, 6) is -0.359. The Hall–Kier alpha value is -0.980. The predicted octanol–water partition coefficient (Wildman–Crippen LogP) is 1.02. The number of halogens is 1. The zero-order valence-corrected chi connectivity index (χ0v) is 10.7. The molecular formula is C12H16FNO3S. The minimum Gasteiger partial charge on any atom is -0.396 e. The number of hydrogen-bond acceptors (Lipinski definition) is 4. The average molecular weight is 273 g/mol. The molecule has 1 aliphatic heterocycles. The van der Waals surface area contributed by atoms with E-state index in [2.05, 4.69) is 5.32 Å². The summed E-state index contributed by atoms with van der Waals surface area (Å²) >= 11 is 0. The summed E-state index contributed by atoms with van der Waals surface area (Å²) in [7, 11) is -3.28. The molecule has 0 saturated carbocycles. The van der Waals surface area contributed by atoms with Gasteiger partial charge in [-0.1, -0.05) is 0 Å². The maximum absolute atomic E-state index is 13.2. The van der Waals surface area contributed by atoms with E-state index in [0.29, 0.717) is 24.9 Å². The van der Waals surface area contributed by atoms with E-state index in [1.54, 1.807) is 0 Å². The van der Waals surface area contributed by atoms with Crippen LogP contribution in [0.25, 0.3) is 0 Å². The number of benzene rings is 1. The first-order chi connectivity index (χ1) is 8.54. The van der Waals surface area contributed by atoms with Gasteiger partial charge in [-0.2, -0.15) is 0 Å². The lowest BCUT2D eigenvalue weighted by Crippen LogP contribution is -2.30. The van der Waals surface area contributed by atoms with Gasteiger partial charge in [0.15, 0.2) is 9.84 Å². The Bertz CT molecular complexity index is 530. The standard InChI is InChI=1S/C12H16FNO3S/c13-9-2-3-12-10(8-9)11(14-5-1-6-15)4-7-18(12,16)17/h2-3,8,11,14-15H,1,4-7H2. The molecule has 0 spiro atoms. The van der Waals surface area contributed by atoms with Crippen molar-refractivity contribution in [1.29, 1.82) is 0 Å². The lowest BCUT2D eigenvalue weighted by molar-refractivity contribution is 0.282. The van der Waals surface area contributed by atoms with Gasteiger partial charge in [0.1, 0.15) is 5.82 Å². The second-order valence-electron chi connectivity index (χ2n) is 4.37. The molecule has 6 heteroatoms. The van der Waals surface area contributed by atoms with Crippen molar-refractivity contribution in [2.75, 3.05) is 18.9 Å². The van der Waals surface area contributed by atoms with Crippen LogP contribution < -0.4 is 5.32 Å². The van der Waals surface area contributed by atoms with E-state index in [1.807, 2.05) is 0 Å². The molecule has 1 atom stereocenters. The van der Waals surface area contributed by atoms with E-state index in [0.717, 1.165) is 0 Å². The van der Waals surface area contributed by atoms with Crippen LogP contribution in [0.1, 0.15) is 24.4 Å². The van der Waals surface area contributed by atoms with Crippen LogP contribution in [0.5, 0.6) is 0 Å². The molecule has 1 heterocycles. The van der Waals surface area contributed by atoms with Gasteiger partial charge in [-0.15, -0.1) is 0 Å². The number of rotatable bonds is 4. The second-order valence-corrected chi connectivity index (χ2v) is 6.45. The lowest BCUT2D eigenvalue weighted by Gasteiger charge is -2.26. The highest BCUT2D eigenvalue weighted by molar-refractivity contribution is 7.91. The van der Waals surface area contributed by atoms with Crippen molar-refractivity contribution in [3.63, 3.8) is 0 Å². The van der Waals surface area contributed by atoms with E-state index >= 15 is 0 Å². The molecule has 0 aromatic heterocycles. The first-order valence-corrected chi connectivity index (χ1v) is 7.56. The van der Waals surface area contributed by atoms with Crippen LogP contribution in [-0.4, -0.2) is 32.4 Å². The molecule has 0 fully saturated rings. The Kier molecular flexibility index (Phi) is 3.99. The molecule has 0 aliphatic carbocycles. The molecule has 1 unspecified atom stereocenters. The lowest BCUT2D eigenvalue weighted by atomic mass is 10.0. The highest BCUT2D eigenvalue weighted by atomic mass is 32.2. The number of aliphatic hydroxyl groups is 1. The maximum Gasteiger partial charge on any atom is 0.178 e. The van der Waals surface area contributed by atoms with Gasteiger partial charge >= 0.3 is 0 Å². The van der Waals surface area contributed by atoms with Gasteiger partial charge in [-0.05, 0) is 43.1 Å². The van der Waals surface area contributed by atoms with Gasteiger partial charge in [-0.3, -0.25) is 0 Å². The summed E-state index contributed by atoms with van der Waals surface area (Å²) < 4.78 is 37.0. The Labute approximate surface area is 106 Å².